The van der Waals surface area contributed by atoms with Crippen LogP contribution in [0.4, 0.5) is 0 Å². The molecule has 0 radical (unpaired) electrons. The highest BCUT2D eigenvalue weighted by Crippen LogP contribution is 2.30. The molecule has 0 aromatic heterocycles. The number of likely N-dealkylation sites (tertiary alicyclic amines) is 2. The highest BCUT2D eigenvalue weighted by molar-refractivity contribution is 5.76. The zero-order valence-electron chi connectivity index (χ0n) is 13.3. The van der Waals surface area contributed by atoms with Gasteiger partial charge in [-0.1, -0.05) is 6.92 Å². The SMILES string of the molecule is CCC(=O)N1CCC[C@H]1[C@H]1CCCN1CCOC(C)C. The van der Waals surface area contributed by atoms with E-state index in [0.29, 0.717) is 30.5 Å². The molecule has 1 amide bonds. The normalized spacial score (nSPS) is 27.7. The van der Waals surface area contributed by atoms with Crippen molar-refractivity contribution in [2.45, 2.75) is 71.1 Å². The fourth-order valence-electron chi connectivity index (χ4n) is 3.68. The van der Waals surface area contributed by atoms with Crippen LogP contribution in [0, 0.1) is 0 Å². The second-order valence-corrected chi connectivity index (χ2v) is 6.32. The summed E-state index contributed by atoms with van der Waals surface area (Å²) < 4.78 is 5.69. The fourth-order valence-corrected chi connectivity index (χ4v) is 3.68. The number of nitrogens with zero attached hydrogens (tertiary/aromatic N) is 2. The topological polar surface area (TPSA) is 32.8 Å². The van der Waals surface area contributed by atoms with Gasteiger partial charge < -0.3 is 9.64 Å². The van der Waals surface area contributed by atoms with Crippen molar-refractivity contribution in [3.63, 3.8) is 0 Å². The molecule has 2 saturated heterocycles. The summed E-state index contributed by atoms with van der Waals surface area (Å²) in [5.74, 6) is 0.331. The number of hydrogen-bond acceptors (Lipinski definition) is 3. The van der Waals surface area contributed by atoms with Crippen molar-refractivity contribution in [3.05, 3.63) is 0 Å². The molecule has 4 nitrogen and oxygen atoms in total. The Kier molecular flexibility index (Phi) is 5.85. The van der Waals surface area contributed by atoms with Crippen LogP contribution in [-0.4, -0.2) is 60.1 Å². The lowest BCUT2D eigenvalue weighted by Crippen LogP contribution is -2.48. The van der Waals surface area contributed by atoms with E-state index in [0.717, 1.165) is 26.2 Å². The van der Waals surface area contributed by atoms with E-state index in [1.807, 2.05) is 6.92 Å². The Balaban J connectivity index is 1.90. The molecule has 2 rings (SSSR count). The first kappa shape index (κ1) is 15.8. The lowest BCUT2D eigenvalue weighted by atomic mass is 10.0. The molecule has 0 aromatic rings. The smallest absolute Gasteiger partial charge is 0.222 e. The summed E-state index contributed by atoms with van der Waals surface area (Å²) in [5.41, 5.74) is 0. The molecule has 0 N–H and O–H groups in total. The Morgan fingerprint density at radius 3 is 2.60 bits per heavy atom. The summed E-state index contributed by atoms with van der Waals surface area (Å²) in [6, 6.07) is 1.01. The second kappa shape index (κ2) is 7.41. The van der Waals surface area contributed by atoms with E-state index in [1.165, 1.54) is 25.7 Å². The predicted molar refractivity (Wildman–Crippen MR) is 80.7 cm³/mol. The maximum absolute atomic E-state index is 12.1. The first-order valence-electron chi connectivity index (χ1n) is 8.28. The predicted octanol–water partition coefficient (Wildman–Crippen LogP) is 2.28. The maximum atomic E-state index is 12.1. The molecule has 4 heteroatoms. The van der Waals surface area contributed by atoms with Crippen LogP contribution in [0.25, 0.3) is 0 Å². The number of rotatable bonds is 6. The van der Waals surface area contributed by atoms with E-state index >= 15 is 0 Å². The number of amides is 1. The van der Waals surface area contributed by atoms with Crippen LogP contribution in [0.3, 0.4) is 0 Å². The maximum Gasteiger partial charge on any atom is 0.222 e. The van der Waals surface area contributed by atoms with Crippen molar-refractivity contribution in [3.8, 4) is 0 Å². The van der Waals surface area contributed by atoms with Crippen molar-refractivity contribution >= 4 is 5.91 Å². The third-order valence-electron chi connectivity index (χ3n) is 4.61. The Morgan fingerprint density at radius 2 is 1.90 bits per heavy atom. The Morgan fingerprint density at radius 1 is 1.20 bits per heavy atom. The highest BCUT2D eigenvalue weighted by atomic mass is 16.5. The van der Waals surface area contributed by atoms with E-state index in [-0.39, 0.29) is 0 Å². The fraction of sp³-hybridized carbons (Fsp3) is 0.938. The van der Waals surface area contributed by atoms with Crippen LogP contribution in [-0.2, 0) is 9.53 Å². The van der Waals surface area contributed by atoms with E-state index in [9.17, 15) is 4.79 Å². The first-order chi connectivity index (χ1) is 9.63. The van der Waals surface area contributed by atoms with Gasteiger partial charge in [0.1, 0.15) is 0 Å². The molecule has 0 spiro atoms. The van der Waals surface area contributed by atoms with Crippen molar-refractivity contribution in [2.24, 2.45) is 0 Å². The monoisotopic (exact) mass is 282 g/mol. The van der Waals surface area contributed by atoms with E-state index in [4.69, 9.17) is 4.74 Å². The minimum absolute atomic E-state index is 0.306. The molecule has 0 aromatic carbocycles. The summed E-state index contributed by atoms with van der Waals surface area (Å²) in [4.78, 5) is 16.8. The van der Waals surface area contributed by atoms with Crippen molar-refractivity contribution < 1.29 is 9.53 Å². The lowest BCUT2D eigenvalue weighted by molar-refractivity contribution is -0.132. The van der Waals surface area contributed by atoms with Crippen LogP contribution in [0.15, 0.2) is 0 Å². The van der Waals surface area contributed by atoms with Gasteiger partial charge in [-0.3, -0.25) is 9.69 Å². The van der Waals surface area contributed by atoms with Gasteiger partial charge in [-0.2, -0.15) is 0 Å². The van der Waals surface area contributed by atoms with Crippen LogP contribution >= 0.6 is 0 Å². The summed E-state index contributed by atoms with van der Waals surface area (Å²) in [7, 11) is 0. The number of ether oxygens (including phenoxy) is 1. The zero-order chi connectivity index (χ0) is 14.5. The first-order valence-corrected chi connectivity index (χ1v) is 8.28. The Labute approximate surface area is 123 Å². The molecular weight excluding hydrogens is 252 g/mol. The third-order valence-corrected chi connectivity index (χ3v) is 4.61. The summed E-state index contributed by atoms with van der Waals surface area (Å²) in [6.45, 7) is 10.1. The molecule has 2 fully saturated rings. The van der Waals surface area contributed by atoms with E-state index < -0.39 is 0 Å². The number of carbonyl (C=O) groups is 1. The van der Waals surface area contributed by atoms with Gasteiger partial charge in [0.25, 0.3) is 0 Å². The Hall–Kier alpha value is -0.610. The largest absolute Gasteiger partial charge is 0.377 e. The van der Waals surface area contributed by atoms with Crippen LogP contribution in [0.1, 0.15) is 52.9 Å². The average Bonchev–Trinajstić information content (AvgIpc) is 3.05. The molecule has 2 atom stereocenters. The summed E-state index contributed by atoms with van der Waals surface area (Å²) >= 11 is 0. The molecule has 2 heterocycles. The quantitative estimate of drug-likeness (QED) is 0.749. The molecule has 116 valence electrons. The minimum atomic E-state index is 0.306. The molecule has 0 aliphatic carbocycles. The third kappa shape index (κ3) is 3.73. The number of hydrogen-bond donors (Lipinski definition) is 0. The molecule has 2 aliphatic heterocycles. The summed E-state index contributed by atoms with van der Waals surface area (Å²) in [6.07, 6.45) is 5.79. The van der Waals surface area contributed by atoms with Crippen LogP contribution in [0.2, 0.25) is 0 Å². The average molecular weight is 282 g/mol. The van der Waals surface area contributed by atoms with Crippen LogP contribution < -0.4 is 0 Å². The van der Waals surface area contributed by atoms with Gasteiger partial charge >= 0.3 is 0 Å². The Bertz CT molecular complexity index is 320. The number of carbonyl (C=O) groups excluding carboxylic acids is 1. The molecule has 2 aliphatic rings. The molecule has 20 heavy (non-hydrogen) atoms. The van der Waals surface area contributed by atoms with Gasteiger partial charge in [-0.05, 0) is 46.1 Å². The van der Waals surface area contributed by atoms with Gasteiger partial charge in [0.2, 0.25) is 5.91 Å². The molecule has 0 saturated carbocycles. The minimum Gasteiger partial charge on any atom is -0.377 e. The van der Waals surface area contributed by atoms with Gasteiger partial charge in [0.05, 0.1) is 12.7 Å². The molecule has 0 bridgehead atoms. The molecular formula is C16H30N2O2. The van der Waals surface area contributed by atoms with Gasteiger partial charge in [-0.15, -0.1) is 0 Å². The zero-order valence-corrected chi connectivity index (χ0v) is 13.3. The van der Waals surface area contributed by atoms with Crippen molar-refractivity contribution in [1.29, 1.82) is 0 Å². The van der Waals surface area contributed by atoms with Gasteiger partial charge in [0, 0.05) is 31.6 Å². The van der Waals surface area contributed by atoms with Crippen molar-refractivity contribution in [2.75, 3.05) is 26.2 Å². The van der Waals surface area contributed by atoms with Gasteiger partial charge in [0.15, 0.2) is 0 Å². The van der Waals surface area contributed by atoms with E-state index in [2.05, 4.69) is 23.6 Å². The standard InChI is InChI=1S/C16H30N2O2/c1-4-16(19)18-10-6-8-15(18)14-7-5-9-17(14)11-12-20-13(2)3/h13-15H,4-12H2,1-3H3/t14-,15+/m1/s1. The van der Waals surface area contributed by atoms with Gasteiger partial charge in [-0.25, -0.2) is 0 Å². The summed E-state index contributed by atoms with van der Waals surface area (Å²) in [5, 5.41) is 0. The van der Waals surface area contributed by atoms with E-state index in [1.54, 1.807) is 0 Å². The second-order valence-electron chi connectivity index (χ2n) is 6.32. The highest BCUT2D eigenvalue weighted by Gasteiger charge is 2.38. The van der Waals surface area contributed by atoms with Crippen LogP contribution in [0.5, 0.6) is 0 Å². The van der Waals surface area contributed by atoms with Crippen molar-refractivity contribution in [1.82, 2.24) is 9.80 Å². The molecule has 0 unspecified atom stereocenters. The lowest BCUT2D eigenvalue weighted by Gasteiger charge is -2.35.